The van der Waals surface area contributed by atoms with Crippen LogP contribution in [0.15, 0.2) is 16.4 Å². The normalized spacial score (nSPS) is 28.6. The molecule has 0 amide bonds. The smallest absolute Gasteiger partial charge is 0.231 e. The van der Waals surface area contributed by atoms with Crippen molar-refractivity contribution in [1.82, 2.24) is 10.0 Å². The quantitative estimate of drug-likeness (QED) is 0.411. The van der Waals surface area contributed by atoms with Crippen LogP contribution < -0.4 is 11.6 Å². The van der Waals surface area contributed by atoms with Crippen LogP contribution in [0.5, 0.6) is 0 Å². The van der Waals surface area contributed by atoms with Gasteiger partial charge in [0.2, 0.25) is 11.8 Å². The number of rotatable bonds is 0. The maximum absolute atomic E-state index is 9.16. The Morgan fingerprint density at radius 1 is 1.73 bits per heavy atom. The summed E-state index contributed by atoms with van der Waals surface area (Å²) in [6.07, 6.45) is 0. The maximum atomic E-state index is 9.16. The Morgan fingerprint density at radius 3 is 3.09 bits per heavy atom. The summed E-state index contributed by atoms with van der Waals surface area (Å²) in [7, 11) is 0. The van der Waals surface area contributed by atoms with Crippen molar-refractivity contribution in [2.75, 3.05) is 0 Å². The van der Waals surface area contributed by atoms with Crippen molar-refractivity contribution < 1.29 is 5.11 Å². The predicted molar refractivity (Wildman–Crippen MR) is 41.6 cm³/mol. The lowest BCUT2D eigenvalue weighted by Gasteiger charge is -2.19. The van der Waals surface area contributed by atoms with Gasteiger partial charge in [-0.3, -0.25) is 0 Å². The summed E-state index contributed by atoms with van der Waals surface area (Å²) in [6.45, 7) is 0. The highest BCUT2D eigenvalue weighted by Crippen LogP contribution is 2.33. The predicted octanol–water partition coefficient (Wildman–Crippen LogP) is -0.905. The first-order valence-corrected chi connectivity index (χ1v) is 3.86. The maximum Gasteiger partial charge on any atom is 0.231 e. The van der Waals surface area contributed by atoms with Crippen molar-refractivity contribution in [2.24, 2.45) is 16.7 Å². The molecule has 0 spiro atoms. The molecule has 2 aliphatic rings. The van der Waals surface area contributed by atoms with Crippen LogP contribution in [-0.4, -0.2) is 26.6 Å². The van der Waals surface area contributed by atoms with Gasteiger partial charge in [-0.15, -0.1) is 5.10 Å². The van der Waals surface area contributed by atoms with Gasteiger partial charge in [0.25, 0.3) is 0 Å². The number of aliphatic hydroxyl groups excluding tert-OH is 1. The second kappa shape index (κ2) is 1.95. The molecule has 7 heteroatoms. The van der Waals surface area contributed by atoms with Crippen molar-refractivity contribution in [2.45, 2.75) is 5.50 Å². The number of aliphatic hydroxyl groups is 1. The van der Waals surface area contributed by atoms with E-state index in [4.69, 9.17) is 16.7 Å². The summed E-state index contributed by atoms with van der Waals surface area (Å²) in [5.41, 5.74) is 5.18. The van der Waals surface area contributed by atoms with Gasteiger partial charge in [0.1, 0.15) is 0 Å². The Hall–Kier alpha value is -1.08. The number of nitrogens with zero attached hydrogens (tertiary/aromatic N) is 3. The Kier molecular flexibility index (Phi) is 1.18. The average molecular weight is 173 g/mol. The molecule has 6 nitrogen and oxygen atoms in total. The van der Waals surface area contributed by atoms with Gasteiger partial charge in [-0.05, 0) is 0 Å². The summed E-state index contributed by atoms with van der Waals surface area (Å²) in [5.74, 6) is 5.79. The van der Waals surface area contributed by atoms with E-state index in [2.05, 4.69) is 5.10 Å². The largest absolute Gasteiger partial charge is 0.493 e. The Morgan fingerprint density at radius 2 is 2.45 bits per heavy atom. The number of hydrazine groups is 1. The molecule has 1 atom stereocenters. The van der Waals surface area contributed by atoms with E-state index in [1.807, 2.05) is 0 Å². The van der Waals surface area contributed by atoms with Gasteiger partial charge in [-0.25, -0.2) is 10.9 Å². The first kappa shape index (κ1) is 6.62. The molecule has 5 N–H and O–H groups in total. The molecule has 0 radical (unpaired) electrons. The molecule has 0 saturated heterocycles. The fourth-order valence-electron chi connectivity index (χ4n) is 0.906. The highest BCUT2D eigenvalue weighted by atomic mass is 32.2. The molecule has 0 saturated carbocycles. The van der Waals surface area contributed by atoms with E-state index in [1.54, 1.807) is 5.41 Å². The van der Waals surface area contributed by atoms with Crippen molar-refractivity contribution >= 4 is 17.7 Å². The molecule has 2 aliphatic heterocycles. The molecule has 0 aliphatic carbocycles. The highest BCUT2D eigenvalue weighted by Gasteiger charge is 2.37. The molecule has 0 aromatic rings. The first-order valence-electron chi connectivity index (χ1n) is 2.92. The van der Waals surface area contributed by atoms with Gasteiger partial charge in [0, 0.05) is 5.41 Å². The topological polar surface area (TPSA) is 91.1 Å². The molecule has 0 aromatic carbocycles. The summed E-state index contributed by atoms with van der Waals surface area (Å²) in [5, 5.41) is 17.2. The third-order valence-electron chi connectivity index (χ3n) is 1.45. The third-order valence-corrected chi connectivity index (χ3v) is 2.47. The van der Waals surface area contributed by atoms with Crippen LogP contribution in [0.2, 0.25) is 0 Å². The van der Waals surface area contributed by atoms with E-state index in [9.17, 15) is 0 Å². The van der Waals surface area contributed by atoms with Crippen LogP contribution in [-0.2, 0) is 0 Å². The zero-order chi connectivity index (χ0) is 8.01. The first-order chi connectivity index (χ1) is 5.20. The SMILES string of the molecule is NC1=NN2C(O)=CSC2N1N. The van der Waals surface area contributed by atoms with E-state index in [1.165, 1.54) is 21.8 Å². The Bertz CT molecular complexity index is 251. The van der Waals surface area contributed by atoms with Crippen molar-refractivity contribution in [3.8, 4) is 0 Å². The molecule has 0 fully saturated rings. The zero-order valence-electron chi connectivity index (χ0n) is 5.51. The Balaban J connectivity index is 2.28. The number of fused-ring (bicyclic) bond motifs is 1. The summed E-state index contributed by atoms with van der Waals surface area (Å²) in [4.78, 5) is 0. The number of hydrogen-bond donors (Lipinski definition) is 3. The molecule has 2 rings (SSSR count). The van der Waals surface area contributed by atoms with Crippen LogP contribution in [0.3, 0.4) is 0 Å². The number of hydrazone groups is 1. The molecule has 0 bridgehead atoms. The molecule has 11 heavy (non-hydrogen) atoms. The number of thioether (sulfide) groups is 1. The number of nitrogens with two attached hydrogens (primary N) is 2. The summed E-state index contributed by atoms with van der Waals surface area (Å²) in [6, 6.07) is 0. The van der Waals surface area contributed by atoms with Crippen LogP contribution in [0.25, 0.3) is 0 Å². The minimum absolute atomic E-state index is 0.0795. The molecule has 0 aromatic heterocycles. The van der Waals surface area contributed by atoms with Gasteiger partial charge in [-0.1, -0.05) is 11.8 Å². The molecule has 60 valence electrons. The van der Waals surface area contributed by atoms with E-state index < -0.39 is 0 Å². The van der Waals surface area contributed by atoms with Crippen LogP contribution in [0.4, 0.5) is 0 Å². The zero-order valence-corrected chi connectivity index (χ0v) is 6.32. The van der Waals surface area contributed by atoms with E-state index in [-0.39, 0.29) is 17.3 Å². The van der Waals surface area contributed by atoms with Crippen LogP contribution >= 0.6 is 11.8 Å². The van der Waals surface area contributed by atoms with Crippen molar-refractivity contribution in [3.63, 3.8) is 0 Å². The van der Waals surface area contributed by atoms with Crippen molar-refractivity contribution in [3.05, 3.63) is 11.3 Å². The van der Waals surface area contributed by atoms with Crippen LogP contribution in [0, 0.1) is 0 Å². The van der Waals surface area contributed by atoms with E-state index in [0.29, 0.717) is 0 Å². The van der Waals surface area contributed by atoms with Gasteiger partial charge >= 0.3 is 0 Å². The number of guanidine groups is 1. The molecule has 1 unspecified atom stereocenters. The van der Waals surface area contributed by atoms with E-state index in [0.717, 1.165) is 0 Å². The summed E-state index contributed by atoms with van der Waals surface area (Å²) < 4.78 is 0. The fraction of sp³-hybridized carbons (Fsp3) is 0.250. The molecule has 2 heterocycles. The minimum atomic E-state index is -0.213. The second-order valence-corrected chi connectivity index (χ2v) is 3.08. The van der Waals surface area contributed by atoms with Gasteiger partial charge in [0.15, 0.2) is 5.50 Å². The van der Waals surface area contributed by atoms with Gasteiger partial charge in [0.05, 0.1) is 0 Å². The fourth-order valence-corrected chi connectivity index (χ4v) is 1.77. The monoisotopic (exact) mass is 173 g/mol. The molecular formula is C4H7N5OS. The van der Waals surface area contributed by atoms with E-state index >= 15 is 0 Å². The van der Waals surface area contributed by atoms with Crippen molar-refractivity contribution in [1.29, 1.82) is 0 Å². The lowest BCUT2D eigenvalue weighted by atomic mass is 10.8. The average Bonchev–Trinajstić information content (AvgIpc) is 2.43. The number of hydrogen-bond acceptors (Lipinski definition) is 7. The minimum Gasteiger partial charge on any atom is -0.493 e. The summed E-state index contributed by atoms with van der Waals surface area (Å²) >= 11 is 1.35. The van der Waals surface area contributed by atoms with Gasteiger partial charge < -0.3 is 10.8 Å². The lowest BCUT2D eigenvalue weighted by Crippen LogP contribution is -2.45. The Labute approximate surface area is 67.1 Å². The lowest BCUT2D eigenvalue weighted by molar-refractivity contribution is 0.170. The highest BCUT2D eigenvalue weighted by molar-refractivity contribution is 8.02. The second-order valence-electron chi connectivity index (χ2n) is 2.15. The third kappa shape index (κ3) is 0.747. The molecular weight excluding hydrogens is 166 g/mol. The standard InChI is InChI=1S/C4H7N5OS/c5-3-7-9-2(10)1-11-4(9)8(3)6/h1,4,10H,6H2,(H2,5,7). The van der Waals surface area contributed by atoms with Gasteiger partial charge in [-0.2, -0.15) is 5.01 Å². The van der Waals surface area contributed by atoms with Crippen LogP contribution in [0.1, 0.15) is 0 Å².